The van der Waals surface area contributed by atoms with E-state index in [1.807, 2.05) is 20.8 Å². The molecule has 2 fully saturated rings. The molecule has 108 valence electrons. The van der Waals surface area contributed by atoms with E-state index in [1.54, 1.807) is 4.90 Å². The lowest BCUT2D eigenvalue weighted by Crippen LogP contribution is -2.47. The molecule has 3 atom stereocenters. The third kappa shape index (κ3) is 3.10. The van der Waals surface area contributed by atoms with Crippen LogP contribution in [0.5, 0.6) is 0 Å². The highest BCUT2D eigenvalue weighted by molar-refractivity contribution is 5.85. The molecule has 0 aromatic carbocycles. The molecular weight excluding hydrogens is 242 g/mol. The molecule has 0 radical (unpaired) electrons. The maximum Gasteiger partial charge on any atom is 0.326 e. The van der Waals surface area contributed by atoms with Crippen molar-refractivity contribution in [1.82, 2.24) is 4.90 Å². The number of amides is 1. The van der Waals surface area contributed by atoms with Crippen molar-refractivity contribution in [2.24, 2.45) is 11.3 Å². The fourth-order valence-electron chi connectivity index (χ4n) is 3.58. The number of carbonyl (C=O) groups excluding carboxylic acids is 1. The van der Waals surface area contributed by atoms with Crippen molar-refractivity contribution in [1.29, 1.82) is 0 Å². The van der Waals surface area contributed by atoms with Gasteiger partial charge in [-0.15, -0.1) is 0 Å². The van der Waals surface area contributed by atoms with Crippen molar-refractivity contribution >= 4 is 11.9 Å². The predicted molar refractivity (Wildman–Crippen MR) is 72.7 cm³/mol. The monoisotopic (exact) mass is 267 g/mol. The fraction of sp³-hybridized carbons (Fsp3) is 0.867. The first kappa shape index (κ1) is 14.4. The summed E-state index contributed by atoms with van der Waals surface area (Å²) < 4.78 is 0. The van der Waals surface area contributed by atoms with Crippen LogP contribution < -0.4 is 0 Å². The average Bonchev–Trinajstić information content (AvgIpc) is 2.65. The van der Waals surface area contributed by atoms with E-state index < -0.39 is 12.0 Å². The zero-order valence-corrected chi connectivity index (χ0v) is 12.2. The van der Waals surface area contributed by atoms with E-state index in [1.165, 1.54) is 6.42 Å². The molecular formula is C15H25NO3. The molecule has 3 unspecified atom stereocenters. The summed E-state index contributed by atoms with van der Waals surface area (Å²) in [6.45, 7) is 6.07. The van der Waals surface area contributed by atoms with Gasteiger partial charge in [0.15, 0.2) is 0 Å². The van der Waals surface area contributed by atoms with Gasteiger partial charge in [0.1, 0.15) is 6.04 Å². The van der Waals surface area contributed by atoms with E-state index in [2.05, 4.69) is 0 Å². The van der Waals surface area contributed by atoms with Gasteiger partial charge in [0.25, 0.3) is 0 Å². The number of fused-ring (bicyclic) bond motifs is 1. The summed E-state index contributed by atoms with van der Waals surface area (Å²) in [5.74, 6) is -0.412. The van der Waals surface area contributed by atoms with Crippen LogP contribution in [0.3, 0.4) is 0 Å². The minimum Gasteiger partial charge on any atom is -0.480 e. The van der Waals surface area contributed by atoms with E-state index in [0.29, 0.717) is 18.8 Å². The molecule has 1 N–H and O–H groups in total. The van der Waals surface area contributed by atoms with Crippen molar-refractivity contribution in [3.05, 3.63) is 0 Å². The van der Waals surface area contributed by atoms with Crippen molar-refractivity contribution in [3.63, 3.8) is 0 Å². The lowest BCUT2D eigenvalue weighted by Gasteiger charge is -2.34. The maximum absolute atomic E-state index is 12.5. The Balaban J connectivity index is 2.17. The number of likely N-dealkylation sites (tertiary alicyclic amines) is 1. The van der Waals surface area contributed by atoms with Gasteiger partial charge in [-0.05, 0) is 30.6 Å². The summed E-state index contributed by atoms with van der Waals surface area (Å²) in [6, 6.07) is -0.423. The topological polar surface area (TPSA) is 57.6 Å². The number of aliphatic carboxylic acids is 1. The summed E-state index contributed by atoms with van der Waals surface area (Å²) in [4.78, 5) is 25.6. The standard InChI is InChI=1S/C15H25NO3/c1-15(2,3)9-13(17)16-11-7-5-4-6-10(11)8-12(16)14(18)19/h10-12H,4-9H2,1-3H3,(H,18,19). The van der Waals surface area contributed by atoms with E-state index in [4.69, 9.17) is 0 Å². The zero-order chi connectivity index (χ0) is 14.2. The van der Waals surface area contributed by atoms with E-state index in [0.717, 1.165) is 19.3 Å². The molecule has 1 saturated carbocycles. The largest absolute Gasteiger partial charge is 0.480 e. The normalized spacial score (nSPS) is 31.1. The van der Waals surface area contributed by atoms with Crippen LogP contribution in [0.25, 0.3) is 0 Å². The van der Waals surface area contributed by atoms with Gasteiger partial charge in [0, 0.05) is 12.5 Å². The summed E-state index contributed by atoms with van der Waals surface area (Å²) in [7, 11) is 0. The highest BCUT2D eigenvalue weighted by Crippen LogP contribution is 2.40. The maximum atomic E-state index is 12.5. The number of hydrogen-bond donors (Lipinski definition) is 1. The molecule has 4 nitrogen and oxygen atoms in total. The van der Waals surface area contributed by atoms with Crippen LogP contribution in [0, 0.1) is 11.3 Å². The smallest absolute Gasteiger partial charge is 0.326 e. The van der Waals surface area contributed by atoms with Gasteiger partial charge in [0.2, 0.25) is 5.91 Å². The van der Waals surface area contributed by atoms with Gasteiger partial charge in [-0.3, -0.25) is 4.79 Å². The quantitative estimate of drug-likeness (QED) is 0.836. The first-order valence-corrected chi connectivity index (χ1v) is 7.33. The lowest BCUT2D eigenvalue weighted by molar-refractivity contribution is -0.150. The van der Waals surface area contributed by atoms with Crippen LogP contribution in [0.15, 0.2) is 0 Å². The Hall–Kier alpha value is -1.06. The molecule has 0 spiro atoms. The fourth-order valence-corrected chi connectivity index (χ4v) is 3.58. The Labute approximate surface area is 115 Å². The number of nitrogens with zero attached hydrogens (tertiary/aromatic N) is 1. The molecule has 4 heteroatoms. The van der Waals surface area contributed by atoms with E-state index in [-0.39, 0.29) is 17.4 Å². The number of rotatable bonds is 2. The zero-order valence-electron chi connectivity index (χ0n) is 12.2. The second-order valence-corrected chi connectivity index (χ2v) is 7.24. The molecule has 0 bridgehead atoms. The summed E-state index contributed by atoms with van der Waals surface area (Å²) in [5.41, 5.74) is -0.0904. The number of carbonyl (C=O) groups is 2. The van der Waals surface area contributed by atoms with Crippen LogP contribution in [0.2, 0.25) is 0 Å². The first-order chi connectivity index (χ1) is 8.79. The molecule has 1 aliphatic carbocycles. The Morgan fingerprint density at radius 3 is 2.42 bits per heavy atom. The predicted octanol–water partition coefficient (Wildman–Crippen LogP) is 2.67. The molecule has 0 aromatic heterocycles. The third-order valence-electron chi connectivity index (χ3n) is 4.34. The van der Waals surface area contributed by atoms with Crippen molar-refractivity contribution in [2.45, 2.75) is 71.4 Å². The minimum absolute atomic E-state index is 0.0225. The van der Waals surface area contributed by atoms with Crippen LogP contribution in [0.4, 0.5) is 0 Å². The van der Waals surface area contributed by atoms with Crippen LogP contribution in [-0.4, -0.2) is 34.0 Å². The minimum atomic E-state index is -0.836. The number of hydrogen-bond acceptors (Lipinski definition) is 2. The van der Waals surface area contributed by atoms with Gasteiger partial charge in [-0.1, -0.05) is 33.6 Å². The van der Waals surface area contributed by atoms with Crippen molar-refractivity contribution in [3.8, 4) is 0 Å². The third-order valence-corrected chi connectivity index (χ3v) is 4.34. The van der Waals surface area contributed by atoms with Gasteiger partial charge in [0.05, 0.1) is 0 Å². The number of carboxylic acids is 1. The molecule has 1 aliphatic heterocycles. The van der Waals surface area contributed by atoms with Gasteiger partial charge >= 0.3 is 5.97 Å². The van der Waals surface area contributed by atoms with Crippen molar-refractivity contribution in [2.75, 3.05) is 0 Å². The highest BCUT2D eigenvalue weighted by atomic mass is 16.4. The molecule has 1 amide bonds. The average molecular weight is 267 g/mol. The SMILES string of the molecule is CC(C)(C)CC(=O)N1C(C(=O)O)CC2CCCCC21. The van der Waals surface area contributed by atoms with Crippen molar-refractivity contribution < 1.29 is 14.7 Å². The van der Waals surface area contributed by atoms with E-state index >= 15 is 0 Å². The molecule has 19 heavy (non-hydrogen) atoms. The van der Waals surface area contributed by atoms with Crippen LogP contribution in [-0.2, 0) is 9.59 Å². The van der Waals surface area contributed by atoms with E-state index in [9.17, 15) is 14.7 Å². The summed E-state index contributed by atoms with van der Waals surface area (Å²) >= 11 is 0. The second-order valence-electron chi connectivity index (χ2n) is 7.24. The Bertz CT molecular complexity index is 372. The summed E-state index contributed by atoms with van der Waals surface area (Å²) in [5, 5.41) is 9.38. The van der Waals surface area contributed by atoms with Gasteiger partial charge in [-0.25, -0.2) is 4.79 Å². The Morgan fingerprint density at radius 2 is 1.84 bits per heavy atom. The molecule has 0 aromatic rings. The summed E-state index contributed by atoms with van der Waals surface area (Å²) in [6.07, 6.45) is 5.43. The second kappa shape index (κ2) is 5.14. The molecule has 1 saturated heterocycles. The first-order valence-electron chi connectivity index (χ1n) is 7.33. The Kier molecular flexibility index (Phi) is 3.88. The molecule has 2 rings (SSSR count). The van der Waals surface area contributed by atoms with Crippen LogP contribution in [0.1, 0.15) is 59.3 Å². The highest BCUT2D eigenvalue weighted by Gasteiger charge is 2.47. The van der Waals surface area contributed by atoms with Gasteiger partial charge < -0.3 is 10.0 Å². The lowest BCUT2D eigenvalue weighted by atomic mass is 9.84. The number of carboxylic acid groups (broad SMARTS) is 1. The Morgan fingerprint density at radius 1 is 1.21 bits per heavy atom. The van der Waals surface area contributed by atoms with Crippen LogP contribution >= 0.6 is 0 Å². The van der Waals surface area contributed by atoms with Gasteiger partial charge in [-0.2, -0.15) is 0 Å². The molecule has 2 aliphatic rings. The molecule has 1 heterocycles.